The second-order valence-electron chi connectivity index (χ2n) is 7.87. The minimum Gasteiger partial charge on any atom is -0.318 e. The van der Waals surface area contributed by atoms with E-state index in [1.807, 2.05) is 48.6 Å². The Kier molecular flexibility index (Phi) is 4.70. The Balaban J connectivity index is 1.43. The van der Waals surface area contributed by atoms with Gasteiger partial charge in [-0.05, 0) is 69.2 Å². The summed E-state index contributed by atoms with van der Waals surface area (Å²) < 4.78 is 4.12. The maximum Gasteiger partial charge on any atom is 0.231 e. The number of rotatable bonds is 5. The van der Waals surface area contributed by atoms with Gasteiger partial charge < -0.3 is 4.57 Å². The zero-order valence-electron chi connectivity index (χ0n) is 17.9. The Bertz CT molecular complexity index is 1460. The van der Waals surface area contributed by atoms with Crippen LogP contribution >= 0.6 is 11.8 Å². The van der Waals surface area contributed by atoms with Gasteiger partial charge in [-0.3, -0.25) is 9.20 Å². The smallest absolute Gasteiger partial charge is 0.231 e. The molecular formula is C24H23N5OS. The lowest BCUT2D eigenvalue weighted by Gasteiger charge is -2.12. The second-order valence-corrected chi connectivity index (χ2v) is 8.81. The minimum absolute atomic E-state index is 0.0914. The quantitative estimate of drug-likeness (QED) is 0.308. The number of nitrogens with zero attached hydrogens (tertiary/aromatic N) is 4. The van der Waals surface area contributed by atoms with E-state index in [1.54, 1.807) is 0 Å². The third-order valence-corrected chi connectivity index (χ3v) is 6.75. The molecule has 31 heavy (non-hydrogen) atoms. The molecule has 1 N–H and O–H groups in total. The van der Waals surface area contributed by atoms with Crippen LogP contribution in [0.3, 0.4) is 0 Å². The maximum atomic E-state index is 13.1. The number of aromatic amines is 1. The Hall–Kier alpha value is -3.32. The molecule has 0 aliphatic rings. The number of H-pyrrole nitrogens is 1. The molecule has 0 amide bonds. The van der Waals surface area contributed by atoms with Gasteiger partial charge in [0.1, 0.15) is 0 Å². The highest BCUT2D eigenvalue weighted by molar-refractivity contribution is 7.99. The summed E-state index contributed by atoms with van der Waals surface area (Å²) in [6.07, 6.45) is 0. The average molecular weight is 430 g/mol. The van der Waals surface area contributed by atoms with E-state index in [2.05, 4.69) is 51.8 Å². The first-order valence-corrected chi connectivity index (χ1v) is 11.2. The molecule has 0 radical (unpaired) electrons. The summed E-state index contributed by atoms with van der Waals surface area (Å²) in [6, 6.07) is 16.3. The van der Waals surface area contributed by atoms with Gasteiger partial charge in [-0.1, -0.05) is 30.0 Å². The van der Waals surface area contributed by atoms with Crippen LogP contribution in [0.5, 0.6) is 0 Å². The Morgan fingerprint density at radius 3 is 2.65 bits per heavy atom. The summed E-state index contributed by atoms with van der Waals surface area (Å²) in [5, 5.41) is 8.06. The van der Waals surface area contributed by atoms with E-state index in [4.69, 9.17) is 0 Å². The molecule has 2 aromatic carbocycles. The Labute approximate surface area is 184 Å². The number of hydrogen-bond acceptors (Lipinski definition) is 4. The van der Waals surface area contributed by atoms with E-state index in [0.29, 0.717) is 11.5 Å². The number of carbonyl (C=O) groups is 1. The molecule has 0 atom stereocenters. The standard InChI is InChI=1S/C24H23N5OS/c1-14-9-10-18(11-15(14)2)28-16(3)12-19(17(28)4)22(30)13-31-24-27-26-23-25-20-7-5-6-8-21(20)29(23)24/h5-12H,13H2,1-4H3,(H,25,26). The molecule has 0 aliphatic heterocycles. The molecule has 0 fully saturated rings. The molecule has 5 rings (SSSR count). The number of fused-ring (bicyclic) bond motifs is 3. The fraction of sp³-hybridized carbons (Fsp3) is 0.208. The molecule has 6 nitrogen and oxygen atoms in total. The summed E-state index contributed by atoms with van der Waals surface area (Å²) in [5.41, 5.74) is 8.24. The summed E-state index contributed by atoms with van der Waals surface area (Å²) in [6.45, 7) is 8.27. The first-order valence-electron chi connectivity index (χ1n) is 10.2. The lowest BCUT2D eigenvalue weighted by Crippen LogP contribution is -2.06. The van der Waals surface area contributed by atoms with Gasteiger partial charge in [0.25, 0.3) is 0 Å². The van der Waals surface area contributed by atoms with Crippen LogP contribution < -0.4 is 0 Å². The van der Waals surface area contributed by atoms with Crippen LogP contribution in [-0.4, -0.2) is 35.7 Å². The molecule has 0 spiro atoms. The minimum atomic E-state index is 0.0914. The molecule has 3 heterocycles. The van der Waals surface area contributed by atoms with Crippen LogP contribution in [0.4, 0.5) is 0 Å². The summed E-state index contributed by atoms with van der Waals surface area (Å²) in [4.78, 5) is 17.7. The van der Waals surface area contributed by atoms with Crippen LogP contribution in [-0.2, 0) is 0 Å². The summed E-state index contributed by atoms with van der Waals surface area (Å²) in [7, 11) is 0. The van der Waals surface area contributed by atoms with Gasteiger partial charge in [0.2, 0.25) is 5.78 Å². The first kappa shape index (κ1) is 19.6. The number of nitrogens with one attached hydrogen (secondary N) is 1. The second kappa shape index (κ2) is 7.42. The number of Topliss-reactive ketones (excluding diaryl/α,β-unsaturated/α-hetero) is 1. The van der Waals surface area contributed by atoms with Crippen molar-refractivity contribution in [1.82, 2.24) is 24.1 Å². The molecule has 3 aromatic heterocycles. The predicted octanol–water partition coefficient (Wildman–Crippen LogP) is 5.21. The van der Waals surface area contributed by atoms with E-state index in [9.17, 15) is 4.79 Å². The van der Waals surface area contributed by atoms with Crippen molar-refractivity contribution in [3.63, 3.8) is 0 Å². The van der Waals surface area contributed by atoms with E-state index >= 15 is 0 Å². The van der Waals surface area contributed by atoms with E-state index in [1.165, 1.54) is 22.9 Å². The van der Waals surface area contributed by atoms with Crippen LogP contribution in [0.2, 0.25) is 0 Å². The Morgan fingerprint density at radius 1 is 1.03 bits per heavy atom. The van der Waals surface area contributed by atoms with Crippen LogP contribution in [0.15, 0.2) is 53.7 Å². The average Bonchev–Trinajstić information content (AvgIpc) is 3.40. The SMILES string of the molecule is Cc1ccc(-n2c(C)cc(C(=O)CSc3n[nH]c4nc5ccccc5n34)c2C)cc1C. The van der Waals surface area contributed by atoms with Crippen molar-refractivity contribution in [3.05, 3.63) is 76.6 Å². The van der Waals surface area contributed by atoms with Gasteiger partial charge in [0.05, 0.1) is 16.8 Å². The number of aromatic nitrogens is 5. The van der Waals surface area contributed by atoms with Crippen molar-refractivity contribution in [2.75, 3.05) is 5.75 Å². The van der Waals surface area contributed by atoms with Gasteiger partial charge in [0.15, 0.2) is 10.9 Å². The highest BCUT2D eigenvalue weighted by Gasteiger charge is 2.19. The molecule has 0 saturated carbocycles. The van der Waals surface area contributed by atoms with Gasteiger partial charge in [-0.15, -0.1) is 5.10 Å². The summed E-state index contributed by atoms with van der Waals surface area (Å²) >= 11 is 1.42. The largest absolute Gasteiger partial charge is 0.318 e. The molecule has 0 bridgehead atoms. The summed E-state index contributed by atoms with van der Waals surface area (Å²) in [5.74, 6) is 1.08. The molecule has 0 aliphatic carbocycles. The maximum absolute atomic E-state index is 13.1. The van der Waals surface area contributed by atoms with Crippen molar-refractivity contribution < 1.29 is 4.79 Å². The number of benzene rings is 2. The van der Waals surface area contributed by atoms with Gasteiger partial charge in [-0.25, -0.2) is 10.1 Å². The van der Waals surface area contributed by atoms with Crippen molar-refractivity contribution in [2.24, 2.45) is 0 Å². The topological polar surface area (TPSA) is 68.0 Å². The monoisotopic (exact) mass is 429 g/mol. The fourth-order valence-electron chi connectivity index (χ4n) is 4.05. The van der Waals surface area contributed by atoms with Crippen molar-refractivity contribution in [2.45, 2.75) is 32.9 Å². The van der Waals surface area contributed by atoms with Gasteiger partial charge >= 0.3 is 0 Å². The zero-order chi connectivity index (χ0) is 21.7. The molecule has 5 aromatic rings. The third-order valence-electron chi connectivity index (χ3n) is 5.82. The first-order chi connectivity index (χ1) is 14.9. The Morgan fingerprint density at radius 2 is 1.84 bits per heavy atom. The molecular weight excluding hydrogens is 406 g/mol. The van der Waals surface area contributed by atoms with E-state index < -0.39 is 0 Å². The van der Waals surface area contributed by atoms with E-state index in [0.717, 1.165) is 38.8 Å². The van der Waals surface area contributed by atoms with Gasteiger partial charge in [0, 0.05) is 22.6 Å². The van der Waals surface area contributed by atoms with Crippen LogP contribution in [0.25, 0.3) is 22.5 Å². The van der Waals surface area contributed by atoms with Crippen LogP contribution in [0.1, 0.15) is 32.9 Å². The van der Waals surface area contributed by atoms with Gasteiger partial charge in [-0.2, -0.15) is 0 Å². The number of aryl methyl sites for hydroxylation is 3. The number of imidazole rings is 1. The number of ketones is 1. The van der Waals surface area contributed by atoms with Crippen molar-refractivity contribution in [1.29, 1.82) is 0 Å². The number of para-hydroxylation sites is 2. The van der Waals surface area contributed by atoms with Crippen LogP contribution in [0, 0.1) is 27.7 Å². The lowest BCUT2D eigenvalue weighted by atomic mass is 10.1. The number of carbonyl (C=O) groups excluding carboxylic acids is 1. The highest BCUT2D eigenvalue weighted by Crippen LogP contribution is 2.26. The number of thioether (sulfide) groups is 1. The normalized spacial score (nSPS) is 11.6. The molecule has 156 valence electrons. The van der Waals surface area contributed by atoms with Crippen molar-refractivity contribution in [3.8, 4) is 5.69 Å². The van der Waals surface area contributed by atoms with Crippen molar-refractivity contribution >= 4 is 34.4 Å². The molecule has 7 heteroatoms. The fourth-order valence-corrected chi connectivity index (χ4v) is 4.89. The van der Waals surface area contributed by atoms with E-state index in [-0.39, 0.29) is 5.78 Å². The lowest BCUT2D eigenvalue weighted by molar-refractivity contribution is 0.102. The molecule has 0 unspecified atom stereocenters. The third kappa shape index (κ3) is 3.25. The predicted molar refractivity (Wildman–Crippen MR) is 125 cm³/mol. The number of hydrogen-bond donors (Lipinski definition) is 1. The zero-order valence-corrected chi connectivity index (χ0v) is 18.7. The highest BCUT2D eigenvalue weighted by atomic mass is 32.2. The molecule has 0 saturated heterocycles.